The van der Waals surface area contributed by atoms with Crippen LogP contribution in [0.1, 0.15) is 12.8 Å². The highest BCUT2D eigenvalue weighted by molar-refractivity contribution is 14.1. The first-order chi connectivity index (χ1) is 4.18. The Balaban J connectivity index is 3.16. The molecular weight excluding hydrogens is 346 g/mol. The molecule has 0 radical (unpaired) electrons. The molecule has 0 heterocycles. The first-order valence-electron chi connectivity index (χ1n) is 2.74. The van der Waals surface area contributed by atoms with E-state index in [0.717, 1.165) is 17.3 Å². The quantitative estimate of drug-likeness (QED) is 0.453. The number of aliphatic hydroxyl groups excluding tert-OH is 1. The van der Waals surface area contributed by atoms with Crippen molar-refractivity contribution in [3.05, 3.63) is 0 Å². The average molecular weight is 356 g/mol. The van der Waals surface area contributed by atoms with Crippen LogP contribution in [0.15, 0.2) is 0 Å². The van der Waals surface area contributed by atoms with Gasteiger partial charge >= 0.3 is 0 Å². The number of hydrogen-bond acceptors (Lipinski definition) is 2. The third kappa shape index (κ3) is 5.81. The van der Waals surface area contributed by atoms with E-state index in [0.29, 0.717) is 0 Å². The van der Waals surface area contributed by atoms with Gasteiger partial charge in [0.2, 0.25) is 0 Å². The summed E-state index contributed by atoms with van der Waals surface area (Å²) < 4.78 is 1.08. The fraction of sp³-hybridized carbons (Fsp3) is 1.00. The summed E-state index contributed by atoms with van der Waals surface area (Å²) in [6.45, 7) is 0. The summed E-state index contributed by atoms with van der Waals surface area (Å²) in [5.74, 6) is 0. The van der Waals surface area contributed by atoms with E-state index in [2.05, 4.69) is 45.2 Å². The molecule has 0 saturated heterocycles. The van der Waals surface area contributed by atoms with Crippen LogP contribution >= 0.6 is 45.2 Å². The van der Waals surface area contributed by atoms with Crippen molar-refractivity contribution in [2.75, 3.05) is 4.43 Å². The Hall–Kier alpha value is 1.38. The Morgan fingerprint density at radius 2 is 1.89 bits per heavy atom. The van der Waals surface area contributed by atoms with E-state index in [-0.39, 0.29) is 3.92 Å². The molecule has 0 saturated carbocycles. The summed E-state index contributed by atoms with van der Waals surface area (Å²) in [5.41, 5.74) is 0. The van der Waals surface area contributed by atoms with Gasteiger partial charge in [0.1, 0.15) is 0 Å². The first-order valence-corrected chi connectivity index (χ1v) is 5.51. The minimum absolute atomic E-state index is 0.00244. The summed E-state index contributed by atoms with van der Waals surface area (Å²) in [6, 6.07) is 0. The molecule has 0 aromatic carbocycles. The summed E-state index contributed by atoms with van der Waals surface area (Å²) >= 11 is 4.33. The smallest absolute Gasteiger partial charge is 0.163 e. The molecule has 0 amide bonds. The second-order valence-electron chi connectivity index (χ2n) is 1.76. The molecule has 1 unspecified atom stereocenters. The van der Waals surface area contributed by atoms with Gasteiger partial charge in [0, 0.05) is 0 Å². The maximum absolute atomic E-state index is 8.59. The Kier molecular flexibility index (Phi) is 7.05. The second kappa shape index (κ2) is 6.11. The zero-order valence-corrected chi connectivity index (χ0v) is 9.24. The van der Waals surface area contributed by atoms with Gasteiger partial charge in [-0.3, -0.25) is 0 Å². The topological polar surface area (TPSA) is 40.5 Å². The third-order valence-corrected chi connectivity index (χ3v) is 2.97. The molecule has 0 rings (SSSR count). The largest absolute Gasteiger partial charge is 0.367 e. The SMILES string of the molecule is OC(O)C(I)CCCI. The Bertz CT molecular complexity index is 68.0. The zero-order chi connectivity index (χ0) is 7.28. The number of rotatable bonds is 4. The summed E-state index contributed by atoms with van der Waals surface area (Å²) in [5, 5.41) is 17.2. The van der Waals surface area contributed by atoms with Gasteiger partial charge in [0.25, 0.3) is 0 Å². The minimum Gasteiger partial charge on any atom is -0.367 e. The van der Waals surface area contributed by atoms with Gasteiger partial charge < -0.3 is 10.2 Å². The maximum Gasteiger partial charge on any atom is 0.163 e. The fourth-order valence-corrected chi connectivity index (χ4v) is 1.30. The van der Waals surface area contributed by atoms with Crippen LogP contribution in [0.4, 0.5) is 0 Å². The molecule has 4 heteroatoms. The Morgan fingerprint density at radius 3 is 2.22 bits per heavy atom. The van der Waals surface area contributed by atoms with Crippen molar-refractivity contribution in [2.24, 2.45) is 0 Å². The normalized spacial score (nSPS) is 14.3. The molecule has 0 aliphatic carbocycles. The van der Waals surface area contributed by atoms with Crippen LogP contribution in [-0.2, 0) is 0 Å². The second-order valence-corrected chi connectivity index (χ2v) is 4.44. The van der Waals surface area contributed by atoms with Crippen molar-refractivity contribution in [1.29, 1.82) is 0 Å². The predicted octanol–water partition coefficient (Wildman–Crippen LogP) is 1.32. The number of alkyl halides is 2. The minimum atomic E-state index is -1.14. The summed E-state index contributed by atoms with van der Waals surface area (Å²) in [4.78, 5) is 0. The van der Waals surface area contributed by atoms with Crippen molar-refractivity contribution in [3.63, 3.8) is 0 Å². The van der Waals surface area contributed by atoms with Gasteiger partial charge in [-0.15, -0.1) is 0 Å². The average Bonchev–Trinajstić information content (AvgIpc) is 1.82. The van der Waals surface area contributed by atoms with Crippen LogP contribution in [0.25, 0.3) is 0 Å². The van der Waals surface area contributed by atoms with E-state index in [1.54, 1.807) is 0 Å². The lowest BCUT2D eigenvalue weighted by atomic mass is 10.2. The summed E-state index contributed by atoms with van der Waals surface area (Å²) in [7, 11) is 0. The number of halogens is 2. The molecule has 0 aromatic rings. The van der Waals surface area contributed by atoms with Crippen LogP contribution < -0.4 is 0 Å². The maximum atomic E-state index is 8.59. The van der Waals surface area contributed by atoms with Crippen LogP contribution in [0.3, 0.4) is 0 Å². The lowest BCUT2D eigenvalue weighted by Gasteiger charge is -2.09. The zero-order valence-electron chi connectivity index (χ0n) is 4.93. The summed E-state index contributed by atoms with van der Waals surface area (Å²) in [6.07, 6.45) is 0.806. The van der Waals surface area contributed by atoms with E-state index >= 15 is 0 Å². The van der Waals surface area contributed by atoms with E-state index < -0.39 is 6.29 Å². The molecule has 2 nitrogen and oxygen atoms in total. The van der Waals surface area contributed by atoms with Crippen LogP contribution in [0.5, 0.6) is 0 Å². The molecule has 56 valence electrons. The molecule has 2 N–H and O–H groups in total. The highest BCUT2D eigenvalue weighted by atomic mass is 127. The molecule has 0 bridgehead atoms. The fourth-order valence-electron chi connectivity index (χ4n) is 0.421. The predicted molar refractivity (Wildman–Crippen MR) is 54.2 cm³/mol. The number of aliphatic hydroxyl groups is 2. The van der Waals surface area contributed by atoms with Crippen molar-refractivity contribution in [1.82, 2.24) is 0 Å². The highest BCUT2D eigenvalue weighted by Crippen LogP contribution is 2.12. The van der Waals surface area contributed by atoms with E-state index in [1.807, 2.05) is 0 Å². The molecule has 9 heavy (non-hydrogen) atoms. The molecule has 0 aliphatic heterocycles. The van der Waals surface area contributed by atoms with Crippen molar-refractivity contribution >= 4 is 45.2 Å². The van der Waals surface area contributed by atoms with Gasteiger partial charge in [-0.05, 0) is 17.3 Å². The van der Waals surface area contributed by atoms with Gasteiger partial charge in [-0.1, -0.05) is 45.2 Å². The Morgan fingerprint density at radius 1 is 1.33 bits per heavy atom. The van der Waals surface area contributed by atoms with Crippen molar-refractivity contribution in [2.45, 2.75) is 23.1 Å². The van der Waals surface area contributed by atoms with Crippen LogP contribution in [0.2, 0.25) is 0 Å². The van der Waals surface area contributed by atoms with E-state index in [4.69, 9.17) is 10.2 Å². The molecule has 0 aliphatic rings. The molecule has 1 atom stereocenters. The molecule has 0 spiro atoms. The highest BCUT2D eigenvalue weighted by Gasteiger charge is 2.10. The number of hydrogen-bond donors (Lipinski definition) is 2. The third-order valence-electron chi connectivity index (χ3n) is 0.937. The van der Waals surface area contributed by atoms with Crippen LogP contribution in [0, 0.1) is 0 Å². The van der Waals surface area contributed by atoms with E-state index in [9.17, 15) is 0 Å². The molecule has 0 aromatic heterocycles. The first kappa shape index (κ1) is 10.4. The molecule has 0 fully saturated rings. The van der Waals surface area contributed by atoms with Gasteiger partial charge in [-0.2, -0.15) is 0 Å². The van der Waals surface area contributed by atoms with Gasteiger partial charge in [0.05, 0.1) is 3.92 Å². The van der Waals surface area contributed by atoms with E-state index in [1.165, 1.54) is 0 Å². The monoisotopic (exact) mass is 356 g/mol. The lowest BCUT2D eigenvalue weighted by Crippen LogP contribution is -2.18. The standard InChI is InChI=1S/C5H10I2O2/c6-3-1-2-4(7)5(8)9/h4-5,8-9H,1-3H2. The van der Waals surface area contributed by atoms with Gasteiger partial charge in [0.15, 0.2) is 6.29 Å². The van der Waals surface area contributed by atoms with Gasteiger partial charge in [-0.25, -0.2) is 0 Å². The van der Waals surface area contributed by atoms with Crippen molar-refractivity contribution in [3.8, 4) is 0 Å². The molecular formula is C5H10I2O2. The Labute approximate surface area is 82.3 Å². The van der Waals surface area contributed by atoms with Crippen LogP contribution in [-0.4, -0.2) is 24.9 Å². The lowest BCUT2D eigenvalue weighted by molar-refractivity contribution is -0.0376. The van der Waals surface area contributed by atoms with Crippen molar-refractivity contribution < 1.29 is 10.2 Å².